The monoisotopic (exact) mass is 219 g/mol. The fourth-order valence-corrected chi connectivity index (χ4v) is 2.41. The minimum absolute atomic E-state index is 0.562. The van der Waals surface area contributed by atoms with Gasteiger partial charge in [0.05, 0.1) is 0 Å². The van der Waals surface area contributed by atoms with Crippen LogP contribution in [-0.4, -0.2) is 17.6 Å². The molecule has 2 rings (SSSR count). The first-order valence-corrected chi connectivity index (χ1v) is 6.15. The molecule has 3 nitrogen and oxygen atoms in total. The van der Waals surface area contributed by atoms with Gasteiger partial charge in [-0.1, -0.05) is 19.9 Å². The van der Waals surface area contributed by atoms with Gasteiger partial charge in [0.25, 0.3) is 0 Å². The van der Waals surface area contributed by atoms with Crippen LogP contribution in [0, 0.1) is 11.8 Å². The highest BCUT2D eigenvalue weighted by Gasteiger charge is 2.39. The Bertz CT molecular complexity index is 351. The van der Waals surface area contributed by atoms with Crippen LogP contribution >= 0.6 is 0 Å². The van der Waals surface area contributed by atoms with Crippen LogP contribution in [0.2, 0.25) is 0 Å². The first-order valence-electron chi connectivity index (χ1n) is 6.15. The smallest absolute Gasteiger partial charge is 0.126 e. The zero-order valence-corrected chi connectivity index (χ0v) is 10.1. The predicted molar refractivity (Wildman–Crippen MR) is 67.1 cm³/mol. The first-order chi connectivity index (χ1) is 7.72. The van der Waals surface area contributed by atoms with Crippen molar-refractivity contribution < 1.29 is 0 Å². The molecule has 88 valence electrons. The Morgan fingerprint density at radius 2 is 2.38 bits per heavy atom. The summed E-state index contributed by atoms with van der Waals surface area (Å²) in [5, 5.41) is 3.57. The number of hydrogen-bond donors (Lipinski definition) is 2. The Hall–Kier alpha value is -1.09. The van der Waals surface area contributed by atoms with Crippen molar-refractivity contribution in [2.75, 3.05) is 12.3 Å². The molecular weight excluding hydrogens is 198 g/mol. The van der Waals surface area contributed by atoms with E-state index < -0.39 is 0 Å². The zero-order valence-electron chi connectivity index (χ0n) is 10.1. The van der Waals surface area contributed by atoms with Gasteiger partial charge in [-0.3, -0.25) is 0 Å². The van der Waals surface area contributed by atoms with E-state index in [2.05, 4.69) is 30.2 Å². The van der Waals surface area contributed by atoms with Gasteiger partial charge < -0.3 is 11.1 Å². The molecule has 1 fully saturated rings. The molecule has 0 bridgehead atoms. The lowest BCUT2D eigenvalue weighted by Gasteiger charge is -2.18. The molecule has 1 aliphatic carbocycles. The number of hydrogen-bond acceptors (Lipinski definition) is 3. The van der Waals surface area contributed by atoms with Crippen LogP contribution in [0.5, 0.6) is 0 Å². The Balaban J connectivity index is 2.03. The molecule has 1 aromatic heterocycles. The summed E-state index contributed by atoms with van der Waals surface area (Å²) in [6, 6.07) is 4.61. The molecule has 3 unspecified atom stereocenters. The second kappa shape index (κ2) is 4.83. The largest absolute Gasteiger partial charge is 0.383 e. The lowest BCUT2D eigenvalue weighted by molar-refractivity contribution is 0.454. The average molecular weight is 219 g/mol. The predicted octanol–water partition coefficient (Wildman–Crippen LogP) is 1.84. The van der Waals surface area contributed by atoms with Gasteiger partial charge in [0.1, 0.15) is 5.82 Å². The summed E-state index contributed by atoms with van der Waals surface area (Å²) in [5.41, 5.74) is 7.05. The van der Waals surface area contributed by atoms with E-state index in [1.54, 1.807) is 6.20 Å². The lowest BCUT2D eigenvalue weighted by Crippen LogP contribution is -2.33. The van der Waals surface area contributed by atoms with Crippen LogP contribution in [0.15, 0.2) is 18.3 Å². The molecule has 0 aromatic carbocycles. The number of nitrogens with one attached hydrogen (secondary N) is 1. The highest BCUT2D eigenvalue weighted by Crippen LogP contribution is 2.41. The van der Waals surface area contributed by atoms with E-state index in [9.17, 15) is 0 Å². The molecule has 1 heterocycles. The Morgan fingerprint density at radius 3 is 2.94 bits per heavy atom. The fraction of sp³-hybridized carbons (Fsp3) is 0.615. The maximum Gasteiger partial charge on any atom is 0.126 e. The van der Waals surface area contributed by atoms with Crippen molar-refractivity contribution in [3.8, 4) is 0 Å². The van der Waals surface area contributed by atoms with Crippen LogP contribution < -0.4 is 11.1 Å². The van der Waals surface area contributed by atoms with Crippen molar-refractivity contribution in [1.29, 1.82) is 0 Å². The van der Waals surface area contributed by atoms with E-state index in [1.807, 2.05) is 6.07 Å². The Kier molecular flexibility index (Phi) is 3.44. The molecule has 0 aliphatic heterocycles. The number of nitrogen functional groups attached to an aromatic ring is 1. The van der Waals surface area contributed by atoms with Crippen LogP contribution in [-0.2, 0) is 6.42 Å². The second-order valence-electron chi connectivity index (χ2n) is 4.79. The van der Waals surface area contributed by atoms with Gasteiger partial charge in [-0.2, -0.15) is 0 Å². The minimum Gasteiger partial charge on any atom is -0.383 e. The van der Waals surface area contributed by atoms with E-state index in [4.69, 9.17) is 5.73 Å². The number of likely N-dealkylation sites (N-methyl/N-ethyl adjacent to an activating group) is 1. The summed E-state index contributed by atoms with van der Waals surface area (Å²) >= 11 is 0. The van der Waals surface area contributed by atoms with Gasteiger partial charge in [-0.15, -0.1) is 0 Å². The average Bonchev–Trinajstić information content (AvgIpc) is 2.98. The van der Waals surface area contributed by atoms with Gasteiger partial charge in [0.2, 0.25) is 0 Å². The van der Waals surface area contributed by atoms with Crippen molar-refractivity contribution in [3.05, 3.63) is 23.9 Å². The normalized spacial score (nSPS) is 25.4. The SMILES string of the molecule is CCNC(Cc1cccnc1N)C1CC1C. The second-order valence-corrected chi connectivity index (χ2v) is 4.79. The first kappa shape index (κ1) is 11.4. The molecule has 1 aliphatic rings. The summed E-state index contributed by atoms with van der Waals surface area (Å²) in [7, 11) is 0. The van der Waals surface area contributed by atoms with Crippen molar-refractivity contribution in [2.45, 2.75) is 32.7 Å². The summed E-state index contributed by atoms with van der Waals surface area (Å²) in [6.45, 7) is 5.50. The van der Waals surface area contributed by atoms with E-state index in [0.717, 1.165) is 24.8 Å². The van der Waals surface area contributed by atoms with Crippen molar-refractivity contribution in [3.63, 3.8) is 0 Å². The Labute approximate surface area is 97.5 Å². The molecular formula is C13H21N3. The van der Waals surface area contributed by atoms with Crippen molar-refractivity contribution in [1.82, 2.24) is 10.3 Å². The molecule has 1 aromatic rings. The number of pyridine rings is 1. The van der Waals surface area contributed by atoms with Gasteiger partial charge in [0.15, 0.2) is 0 Å². The summed E-state index contributed by atoms with van der Waals surface area (Å²) in [5.74, 6) is 2.36. The summed E-state index contributed by atoms with van der Waals surface area (Å²) < 4.78 is 0. The highest BCUT2D eigenvalue weighted by molar-refractivity contribution is 5.39. The third-order valence-corrected chi connectivity index (χ3v) is 3.52. The third-order valence-electron chi connectivity index (χ3n) is 3.52. The molecule has 16 heavy (non-hydrogen) atoms. The summed E-state index contributed by atoms with van der Waals surface area (Å²) in [4.78, 5) is 4.14. The molecule has 3 N–H and O–H groups in total. The van der Waals surface area contributed by atoms with Gasteiger partial charge in [-0.05, 0) is 42.9 Å². The van der Waals surface area contributed by atoms with Crippen LogP contribution in [0.1, 0.15) is 25.8 Å². The molecule has 1 saturated carbocycles. The number of nitrogens with zero attached hydrogens (tertiary/aromatic N) is 1. The molecule has 0 radical (unpaired) electrons. The molecule has 0 saturated heterocycles. The third kappa shape index (κ3) is 2.53. The van der Waals surface area contributed by atoms with Crippen LogP contribution in [0.3, 0.4) is 0 Å². The highest BCUT2D eigenvalue weighted by atomic mass is 14.9. The number of nitrogens with two attached hydrogens (primary N) is 1. The van der Waals surface area contributed by atoms with Crippen LogP contribution in [0.4, 0.5) is 5.82 Å². The number of anilines is 1. The maximum absolute atomic E-state index is 5.88. The van der Waals surface area contributed by atoms with Crippen LogP contribution in [0.25, 0.3) is 0 Å². The molecule has 0 amide bonds. The van der Waals surface area contributed by atoms with Crippen molar-refractivity contribution >= 4 is 5.82 Å². The van der Waals surface area contributed by atoms with E-state index in [1.165, 1.54) is 12.0 Å². The number of aromatic nitrogens is 1. The Morgan fingerprint density at radius 1 is 1.62 bits per heavy atom. The molecule has 3 atom stereocenters. The zero-order chi connectivity index (χ0) is 11.5. The van der Waals surface area contributed by atoms with Crippen molar-refractivity contribution in [2.24, 2.45) is 11.8 Å². The minimum atomic E-state index is 0.562. The van der Waals surface area contributed by atoms with Gasteiger partial charge >= 0.3 is 0 Å². The lowest BCUT2D eigenvalue weighted by atomic mass is 10.0. The van der Waals surface area contributed by atoms with E-state index in [0.29, 0.717) is 11.9 Å². The quantitative estimate of drug-likeness (QED) is 0.794. The fourth-order valence-electron chi connectivity index (χ4n) is 2.41. The topological polar surface area (TPSA) is 50.9 Å². The number of rotatable bonds is 5. The maximum atomic E-state index is 5.88. The van der Waals surface area contributed by atoms with E-state index >= 15 is 0 Å². The molecule has 3 heteroatoms. The standard InChI is InChI=1S/C13H21N3/c1-3-15-12(11-7-9(11)2)8-10-5-4-6-16-13(10)14/h4-6,9,11-12,15H,3,7-8H2,1-2H3,(H2,14,16). The molecule has 0 spiro atoms. The van der Waals surface area contributed by atoms with Gasteiger partial charge in [-0.25, -0.2) is 4.98 Å². The summed E-state index contributed by atoms with van der Waals surface area (Å²) in [6.07, 6.45) is 4.10. The van der Waals surface area contributed by atoms with Gasteiger partial charge in [0, 0.05) is 12.2 Å². The van der Waals surface area contributed by atoms with E-state index in [-0.39, 0.29) is 0 Å².